The predicted molar refractivity (Wildman–Crippen MR) is 76.7 cm³/mol. The second kappa shape index (κ2) is 5.29. The van der Waals surface area contributed by atoms with Gasteiger partial charge in [0.2, 0.25) is 0 Å². The topological polar surface area (TPSA) is 47.3 Å². The molecule has 20 heavy (non-hydrogen) atoms. The van der Waals surface area contributed by atoms with Gasteiger partial charge in [-0.05, 0) is 56.0 Å². The highest BCUT2D eigenvalue weighted by Crippen LogP contribution is 2.33. The third-order valence-corrected chi connectivity index (χ3v) is 3.74. The van der Waals surface area contributed by atoms with Crippen LogP contribution < -0.4 is 4.74 Å². The van der Waals surface area contributed by atoms with Crippen LogP contribution in [0.4, 0.5) is 0 Å². The van der Waals surface area contributed by atoms with E-state index in [1.54, 1.807) is 0 Å². The van der Waals surface area contributed by atoms with Crippen LogP contribution in [0.5, 0.6) is 5.75 Å². The number of aryl methyl sites for hydroxylation is 1. The minimum Gasteiger partial charge on any atom is -0.487 e. The Morgan fingerprint density at radius 2 is 2.25 bits per heavy atom. The molecule has 1 aromatic heterocycles. The summed E-state index contributed by atoms with van der Waals surface area (Å²) in [7, 11) is 0. The summed E-state index contributed by atoms with van der Waals surface area (Å²) in [5, 5.41) is 14.2. The smallest absolute Gasteiger partial charge is 0.132 e. The van der Waals surface area contributed by atoms with E-state index in [1.165, 1.54) is 5.56 Å². The first-order valence-electron chi connectivity index (χ1n) is 7.11. The van der Waals surface area contributed by atoms with Gasteiger partial charge in [-0.2, -0.15) is 5.10 Å². The van der Waals surface area contributed by atoms with Crippen molar-refractivity contribution in [3.05, 3.63) is 47.3 Å². The third kappa shape index (κ3) is 2.56. The molecular weight excluding hydrogens is 252 g/mol. The van der Waals surface area contributed by atoms with Gasteiger partial charge in [0.15, 0.2) is 0 Å². The van der Waals surface area contributed by atoms with Crippen molar-refractivity contribution < 1.29 is 9.84 Å². The molecule has 0 saturated carbocycles. The van der Waals surface area contributed by atoms with Crippen LogP contribution in [0, 0.1) is 0 Å². The number of hydrogen-bond acceptors (Lipinski definition) is 3. The van der Waals surface area contributed by atoms with Crippen LogP contribution in [0.3, 0.4) is 0 Å². The normalized spacial score (nSPS) is 17.5. The maximum absolute atomic E-state index is 9.78. The van der Waals surface area contributed by atoms with E-state index in [2.05, 4.69) is 18.9 Å². The first-order chi connectivity index (χ1) is 9.63. The largest absolute Gasteiger partial charge is 0.487 e. The zero-order valence-electron chi connectivity index (χ0n) is 11.9. The number of aliphatic hydroxyl groups is 1. The molecule has 4 nitrogen and oxygen atoms in total. The van der Waals surface area contributed by atoms with Gasteiger partial charge >= 0.3 is 0 Å². The number of benzene rings is 1. The Kier molecular flexibility index (Phi) is 3.49. The summed E-state index contributed by atoms with van der Waals surface area (Å²) in [6.07, 6.45) is 3.41. The number of nitrogens with zero attached hydrogens (tertiary/aromatic N) is 2. The molecule has 0 radical (unpaired) electrons. The number of aromatic nitrogens is 2. The number of fused-ring (bicyclic) bond motifs is 1. The average molecular weight is 272 g/mol. The summed E-state index contributed by atoms with van der Waals surface area (Å²) in [6, 6.07) is 8.27. The summed E-state index contributed by atoms with van der Waals surface area (Å²) in [5.74, 6) is 0.844. The van der Waals surface area contributed by atoms with Crippen molar-refractivity contribution in [2.75, 3.05) is 0 Å². The number of ether oxygens (including phenoxy) is 1. The highest BCUT2D eigenvalue weighted by atomic mass is 16.5. The van der Waals surface area contributed by atoms with Gasteiger partial charge in [0.1, 0.15) is 12.4 Å². The Labute approximate surface area is 119 Å². The molecule has 1 aromatic carbocycles. The van der Waals surface area contributed by atoms with E-state index in [1.807, 2.05) is 35.1 Å². The van der Waals surface area contributed by atoms with Gasteiger partial charge in [-0.25, -0.2) is 0 Å². The van der Waals surface area contributed by atoms with Gasteiger partial charge in [-0.1, -0.05) is 6.07 Å². The van der Waals surface area contributed by atoms with Crippen molar-refractivity contribution in [3.63, 3.8) is 0 Å². The SMILES string of the molecule is CC(C)n1ccc(COc2ccc3c(c2)CC[C@H]3O)n1. The number of rotatable bonds is 4. The van der Waals surface area contributed by atoms with Gasteiger partial charge < -0.3 is 9.84 Å². The highest BCUT2D eigenvalue weighted by molar-refractivity contribution is 5.39. The molecule has 1 N–H and O–H groups in total. The summed E-state index contributed by atoms with van der Waals surface area (Å²) in [6.45, 7) is 4.67. The van der Waals surface area contributed by atoms with E-state index < -0.39 is 0 Å². The molecule has 4 heteroatoms. The molecule has 0 amide bonds. The Morgan fingerprint density at radius 3 is 3.00 bits per heavy atom. The third-order valence-electron chi connectivity index (χ3n) is 3.74. The van der Waals surface area contributed by atoms with Gasteiger partial charge in [0, 0.05) is 12.2 Å². The van der Waals surface area contributed by atoms with Gasteiger partial charge in [-0.15, -0.1) is 0 Å². The first-order valence-corrected chi connectivity index (χ1v) is 7.11. The fourth-order valence-corrected chi connectivity index (χ4v) is 2.56. The van der Waals surface area contributed by atoms with Gasteiger partial charge in [0.25, 0.3) is 0 Å². The number of hydrogen-bond donors (Lipinski definition) is 1. The van der Waals surface area contributed by atoms with Crippen molar-refractivity contribution in [2.24, 2.45) is 0 Å². The van der Waals surface area contributed by atoms with E-state index in [-0.39, 0.29) is 6.10 Å². The first kappa shape index (κ1) is 13.2. The quantitative estimate of drug-likeness (QED) is 0.930. The predicted octanol–water partition coefficient (Wildman–Crippen LogP) is 3.02. The van der Waals surface area contributed by atoms with E-state index >= 15 is 0 Å². The van der Waals surface area contributed by atoms with Crippen LogP contribution in [0.1, 0.15) is 49.2 Å². The van der Waals surface area contributed by atoms with Gasteiger partial charge in [-0.3, -0.25) is 4.68 Å². The van der Waals surface area contributed by atoms with Crippen LogP contribution in [-0.4, -0.2) is 14.9 Å². The zero-order chi connectivity index (χ0) is 14.1. The Morgan fingerprint density at radius 1 is 1.40 bits per heavy atom. The Hall–Kier alpha value is -1.81. The maximum atomic E-state index is 9.78. The summed E-state index contributed by atoms with van der Waals surface area (Å²) < 4.78 is 7.72. The molecule has 0 bridgehead atoms. The Bertz CT molecular complexity index is 604. The summed E-state index contributed by atoms with van der Waals surface area (Å²) in [5.41, 5.74) is 3.17. The molecule has 0 fully saturated rings. The molecule has 0 unspecified atom stereocenters. The average Bonchev–Trinajstić information content (AvgIpc) is 3.04. The lowest BCUT2D eigenvalue weighted by atomic mass is 10.1. The highest BCUT2D eigenvalue weighted by Gasteiger charge is 2.20. The summed E-state index contributed by atoms with van der Waals surface area (Å²) in [4.78, 5) is 0. The molecule has 1 heterocycles. The number of aliphatic hydroxyl groups excluding tert-OH is 1. The Balaban J connectivity index is 1.66. The second-order valence-electron chi connectivity index (χ2n) is 5.58. The molecule has 3 rings (SSSR count). The molecule has 1 aliphatic carbocycles. The lowest BCUT2D eigenvalue weighted by Gasteiger charge is -2.08. The van der Waals surface area contributed by atoms with Crippen LogP contribution in [0.15, 0.2) is 30.5 Å². The second-order valence-corrected chi connectivity index (χ2v) is 5.58. The molecular formula is C16H20N2O2. The van der Waals surface area contributed by atoms with Crippen LogP contribution >= 0.6 is 0 Å². The van der Waals surface area contributed by atoms with Crippen LogP contribution in [-0.2, 0) is 13.0 Å². The molecule has 0 spiro atoms. The monoisotopic (exact) mass is 272 g/mol. The van der Waals surface area contributed by atoms with E-state index in [0.717, 1.165) is 29.8 Å². The molecule has 0 aliphatic heterocycles. The molecule has 106 valence electrons. The van der Waals surface area contributed by atoms with E-state index in [9.17, 15) is 5.11 Å². The minimum absolute atomic E-state index is 0.305. The maximum Gasteiger partial charge on any atom is 0.132 e. The molecule has 0 saturated heterocycles. The minimum atomic E-state index is -0.305. The lowest BCUT2D eigenvalue weighted by molar-refractivity contribution is 0.180. The van der Waals surface area contributed by atoms with Gasteiger partial charge in [0.05, 0.1) is 11.8 Å². The molecule has 1 atom stereocenters. The standard InChI is InChI=1S/C16H20N2O2/c1-11(2)18-8-7-13(17-18)10-20-14-4-5-15-12(9-14)3-6-16(15)19/h4-5,7-9,11,16,19H,3,6,10H2,1-2H3/t16-/m1/s1. The van der Waals surface area contributed by atoms with E-state index in [0.29, 0.717) is 12.6 Å². The van der Waals surface area contributed by atoms with Crippen molar-refractivity contribution in [2.45, 2.75) is 45.4 Å². The van der Waals surface area contributed by atoms with Crippen molar-refractivity contribution in [1.29, 1.82) is 0 Å². The van der Waals surface area contributed by atoms with Crippen LogP contribution in [0.2, 0.25) is 0 Å². The van der Waals surface area contributed by atoms with Crippen molar-refractivity contribution in [3.8, 4) is 5.75 Å². The van der Waals surface area contributed by atoms with Crippen molar-refractivity contribution >= 4 is 0 Å². The fourth-order valence-electron chi connectivity index (χ4n) is 2.56. The van der Waals surface area contributed by atoms with Crippen molar-refractivity contribution in [1.82, 2.24) is 9.78 Å². The lowest BCUT2D eigenvalue weighted by Crippen LogP contribution is -2.03. The molecule has 1 aliphatic rings. The fraction of sp³-hybridized carbons (Fsp3) is 0.438. The van der Waals surface area contributed by atoms with E-state index in [4.69, 9.17) is 4.74 Å². The van der Waals surface area contributed by atoms with Crippen LogP contribution in [0.25, 0.3) is 0 Å². The molecule has 2 aromatic rings. The summed E-state index contributed by atoms with van der Waals surface area (Å²) >= 11 is 0. The zero-order valence-corrected chi connectivity index (χ0v) is 11.9.